The lowest BCUT2D eigenvalue weighted by Gasteiger charge is -2.15. The standard InChI is InChI=1S/C15H13F3O2/c1-8-5-13(17)11(7-12(8)16)15(19)10-4-3-9(20-2)6-14(10)18/h3-7,15,19H,1-2H3. The minimum atomic E-state index is -1.59. The molecule has 2 aromatic rings. The summed E-state index contributed by atoms with van der Waals surface area (Å²) in [5, 5.41) is 10.0. The molecule has 0 aliphatic rings. The van der Waals surface area contributed by atoms with Gasteiger partial charge in [0.15, 0.2) is 0 Å². The molecule has 2 nitrogen and oxygen atoms in total. The molecule has 2 rings (SSSR count). The highest BCUT2D eigenvalue weighted by molar-refractivity contribution is 5.37. The van der Waals surface area contributed by atoms with Gasteiger partial charge in [-0.25, -0.2) is 13.2 Å². The van der Waals surface area contributed by atoms with Crippen molar-refractivity contribution in [1.29, 1.82) is 0 Å². The van der Waals surface area contributed by atoms with Crippen molar-refractivity contribution in [3.63, 3.8) is 0 Å². The zero-order chi connectivity index (χ0) is 14.9. The lowest BCUT2D eigenvalue weighted by Crippen LogP contribution is -2.06. The Morgan fingerprint density at radius 3 is 2.20 bits per heavy atom. The van der Waals surface area contributed by atoms with Crippen LogP contribution in [0.1, 0.15) is 22.8 Å². The molecule has 0 fully saturated rings. The average molecular weight is 282 g/mol. The van der Waals surface area contributed by atoms with Crippen LogP contribution in [0.5, 0.6) is 5.75 Å². The van der Waals surface area contributed by atoms with Crippen LogP contribution < -0.4 is 4.74 Å². The number of ether oxygens (including phenoxy) is 1. The summed E-state index contributed by atoms with van der Waals surface area (Å²) in [5.41, 5.74) is -0.334. The average Bonchev–Trinajstić information content (AvgIpc) is 2.42. The Kier molecular flexibility index (Phi) is 3.99. The Hall–Kier alpha value is -2.01. The second-order valence-electron chi connectivity index (χ2n) is 4.41. The molecule has 106 valence electrons. The van der Waals surface area contributed by atoms with Crippen LogP contribution in [0.15, 0.2) is 30.3 Å². The van der Waals surface area contributed by atoms with Crippen molar-refractivity contribution in [3.8, 4) is 5.75 Å². The van der Waals surface area contributed by atoms with E-state index in [1.165, 1.54) is 26.2 Å². The van der Waals surface area contributed by atoms with E-state index in [0.29, 0.717) is 0 Å². The van der Waals surface area contributed by atoms with Crippen LogP contribution in [0.25, 0.3) is 0 Å². The van der Waals surface area contributed by atoms with E-state index in [1.54, 1.807) is 0 Å². The van der Waals surface area contributed by atoms with Crippen LogP contribution in [0.3, 0.4) is 0 Å². The largest absolute Gasteiger partial charge is 0.497 e. The number of benzene rings is 2. The molecule has 0 heterocycles. The molecule has 0 amide bonds. The fourth-order valence-corrected chi connectivity index (χ4v) is 1.90. The Bertz CT molecular complexity index is 641. The number of aliphatic hydroxyl groups excluding tert-OH is 1. The quantitative estimate of drug-likeness (QED) is 0.933. The van der Waals surface area contributed by atoms with Crippen LogP contribution in [0.4, 0.5) is 13.2 Å². The van der Waals surface area contributed by atoms with Crippen LogP contribution in [0.2, 0.25) is 0 Å². The fraction of sp³-hybridized carbons (Fsp3) is 0.200. The fourth-order valence-electron chi connectivity index (χ4n) is 1.90. The van der Waals surface area contributed by atoms with Gasteiger partial charge in [-0.3, -0.25) is 0 Å². The first-order valence-corrected chi connectivity index (χ1v) is 5.91. The molecule has 0 aliphatic carbocycles. The van der Waals surface area contributed by atoms with E-state index in [0.717, 1.165) is 18.2 Å². The minimum absolute atomic E-state index is 0.119. The van der Waals surface area contributed by atoms with E-state index in [1.807, 2.05) is 0 Å². The van der Waals surface area contributed by atoms with Gasteiger partial charge in [-0.15, -0.1) is 0 Å². The van der Waals surface area contributed by atoms with Crippen molar-refractivity contribution < 1.29 is 23.0 Å². The number of aryl methyl sites for hydroxylation is 1. The second-order valence-corrected chi connectivity index (χ2v) is 4.41. The number of hydrogen-bond acceptors (Lipinski definition) is 2. The van der Waals surface area contributed by atoms with Crippen LogP contribution in [-0.4, -0.2) is 12.2 Å². The third-order valence-electron chi connectivity index (χ3n) is 3.07. The summed E-state index contributed by atoms with van der Waals surface area (Å²) in [6, 6.07) is 5.62. The molecular weight excluding hydrogens is 269 g/mol. The van der Waals surface area contributed by atoms with E-state index in [4.69, 9.17) is 4.74 Å². The van der Waals surface area contributed by atoms with E-state index in [-0.39, 0.29) is 22.4 Å². The first-order chi connectivity index (χ1) is 9.43. The van der Waals surface area contributed by atoms with Gasteiger partial charge < -0.3 is 9.84 Å². The SMILES string of the molecule is COc1ccc(C(O)c2cc(F)c(C)cc2F)c(F)c1. The zero-order valence-electron chi connectivity index (χ0n) is 11.0. The minimum Gasteiger partial charge on any atom is -0.497 e. The van der Waals surface area contributed by atoms with Crippen molar-refractivity contribution in [1.82, 2.24) is 0 Å². The summed E-state index contributed by atoms with van der Waals surface area (Å²) in [4.78, 5) is 0. The van der Waals surface area contributed by atoms with Gasteiger partial charge in [-0.2, -0.15) is 0 Å². The van der Waals surface area contributed by atoms with Gasteiger partial charge in [0.2, 0.25) is 0 Å². The summed E-state index contributed by atoms with van der Waals surface area (Å²) >= 11 is 0. The van der Waals surface area contributed by atoms with Crippen molar-refractivity contribution >= 4 is 0 Å². The summed E-state index contributed by atoms with van der Waals surface area (Å²) in [6.45, 7) is 1.41. The Morgan fingerprint density at radius 1 is 0.950 bits per heavy atom. The number of hydrogen-bond donors (Lipinski definition) is 1. The van der Waals surface area contributed by atoms with E-state index >= 15 is 0 Å². The molecule has 5 heteroatoms. The maximum Gasteiger partial charge on any atom is 0.133 e. The number of methoxy groups -OCH3 is 1. The predicted molar refractivity (Wildman–Crippen MR) is 68.1 cm³/mol. The predicted octanol–water partition coefficient (Wildman–Crippen LogP) is 3.50. The molecule has 20 heavy (non-hydrogen) atoms. The third-order valence-corrected chi connectivity index (χ3v) is 3.07. The lowest BCUT2D eigenvalue weighted by atomic mass is 9.99. The Labute approximate surface area is 114 Å². The molecule has 2 aromatic carbocycles. The van der Waals surface area contributed by atoms with Crippen LogP contribution in [0, 0.1) is 24.4 Å². The van der Waals surface area contributed by atoms with Gasteiger partial charge in [0.1, 0.15) is 29.3 Å². The summed E-state index contributed by atoms with van der Waals surface area (Å²) in [6.07, 6.45) is -1.59. The molecule has 0 aromatic heterocycles. The summed E-state index contributed by atoms with van der Waals surface area (Å²) in [7, 11) is 1.37. The maximum atomic E-state index is 13.8. The summed E-state index contributed by atoms with van der Waals surface area (Å²) < 4.78 is 45.9. The molecular formula is C15H13F3O2. The molecule has 0 saturated carbocycles. The highest BCUT2D eigenvalue weighted by Crippen LogP contribution is 2.29. The first-order valence-electron chi connectivity index (χ1n) is 5.91. The van der Waals surface area contributed by atoms with Gasteiger partial charge in [0, 0.05) is 17.2 Å². The van der Waals surface area contributed by atoms with Gasteiger partial charge in [0.25, 0.3) is 0 Å². The number of halogens is 3. The molecule has 0 radical (unpaired) electrons. The van der Waals surface area contributed by atoms with Crippen molar-refractivity contribution in [2.45, 2.75) is 13.0 Å². The molecule has 0 spiro atoms. The number of rotatable bonds is 3. The van der Waals surface area contributed by atoms with Crippen LogP contribution in [-0.2, 0) is 0 Å². The summed E-state index contributed by atoms with van der Waals surface area (Å²) in [5.74, 6) is -1.92. The van der Waals surface area contributed by atoms with E-state index < -0.39 is 23.6 Å². The molecule has 0 bridgehead atoms. The highest BCUT2D eigenvalue weighted by Gasteiger charge is 2.20. The monoisotopic (exact) mass is 282 g/mol. The zero-order valence-corrected chi connectivity index (χ0v) is 11.0. The van der Waals surface area contributed by atoms with Crippen LogP contribution >= 0.6 is 0 Å². The van der Waals surface area contributed by atoms with Gasteiger partial charge in [-0.05, 0) is 36.8 Å². The van der Waals surface area contributed by atoms with Crippen molar-refractivity contribution in [3.05, 3.63) is 64.5 Å². The van der Waals surface area contributed by atoms with Gasteiger partial charge in [-0.1, -0.05) is 0 Å². The molecule has 1 atom stereocenters. The Morgan fingerprint density at radius 2 is 1.60 bits per heavy atom. The number of aliphatic hydroxyl groups is 1. The third kappa shape index (κ3) is 2.63. The molecule has 0 saturated heterocycles. The maximum absolute atomic E-state index is 13.8. The second kappa shape index (κ2) is 5.54. The highest BCUT2D eigenvalue weighted by atomic mass is 19.1. The molecule has 1 N–H and O–H groups in total. The molecule has 1 unspecified atom stereocenters. The van der Waals surface area contributed by atoms with E-state index in [9.17, 15) is 18.3 Å². The van der Waals surface area contributed by atoms with E-state index in [2.05, 4.69) is 0 Å². The van der Waals surface area contributed by atoms with Crippen molar-refractivity contribution in [2.75, 3.05) is 7.11 Å². The lowest BCUT2D eigenvalue weighted by molar-refractivity contribution is 0.209. The Balaban J connectivity index is 2.46. The normalized spacial score (nSPS) is 12.3. The van der Waals surface area contributed by atoms with Gasteiger partial charge in [0.05, 0.1) is 7.11 Å². The van der Waals surface area contributed by atoms with Gasteiger partial charge >= 0.3 is 0 Å². The topological polar surface area (TPSA) is 29.5 Å². The first kappa shape index (κ1) is 14.4. The van der Waals surface area contributed by atoms with Crippen molar-refractivity contribution in [2.24, 2.45) is 0 Å². The molecule has 0 aliphatic heterocycles. The smallest absolute Gasteiger partial charge is 0.133 e.